The largest absolute Gasteiger partial charge is 0.366 e. The molecule has 0 bridgehead atoms. The number of carbonyl (C=O) groups excluding carboxylic acids is 1. The van der Waals surface area contributed by atoms with Gasteiger partial charge < -0.3 is 9.80 Å². The van der Waals surface area contributed by atoms with Crippen molar-refractivity contribution >= 4 is 27.3 Å². The molecule has 0 aromatic heterocycles. The normalized spacial score (nSPS) is 15.6. The van der Waals surface area contributed by atoms with Crippen LogP contribution in [0.4, 0.5) is 15.8 Å². The van der Waals surface area contributed by atoms with Crippen molar-refractivity contribution in [1.82, 2.24) is 4.90 Å². The molecule has 1 aliphatic rings. The highest BCUT2D eigenvalue weighted by Gasteiger charge is 2.35. The molecule has 31 heavy (non-hydrogen) atoms. The molecule has 0 saturated carbocycles. The number of rotatable bonds is 6. The summed E-state index contributed by atoms with van der Waals surface area (Å²) >= 11 is 0. The van der Waals surface area contributed by atoms with E-state index in [0.717, 1.165) is 17.4 Å². The molecule has 1 saturated heterocycles. The van der Waals surface area contributed by atoms with Gasteiger partial charge in [0.15, 0.2) is 0 Å². The molecule has 0 unspecified atom stereocenters. The number of aryl methyl sites for hydroxylation is 2. The fourth-order valence-corrected chi connectivity index (χ4v) is 5.19. The van der Waals surface area contributed by atoms with Gasteiger partial charge in [0, 0.05) is 26.2 Å². The number of sulfonamides is 1. The minimum Gasteiger partial charge on any atom is -0.366 e. The van der Waals surface area contributed by atoms with E-state index in [1.165, 1.54) is 10.4 Å². The second-order valence-electron chi connectivity index (χ2n) is 8.02. The average molecular weight is 448 g/mol. The lowest BCUT2D eigenvalue weighted by Gasteiger charge is -2.39. The van der Waals surface area contributed by atoms with Gasteiger partial charge in [0.25, 0.3) is 0 Å². The Balaban J connectivity index is 1.81. The number of amides is 1. The topological polar surface area (TPSA) is 60.9 Å². The van der Waals surface area contributed by atoms with Gasteiger partial charge in [-0.15, -0.1) is 0 Å². The van der Waals surface area contributed by atoms with Crippen LogP contribution < -0.4 is 9.21 Å². The molecule has 1 amide bonds. The summed E-state index contributed by atoms with van der Waals surface area (Å²) in [7, 11) is -3.68. The highest BCUT2D eigenvalue weighted by molar-refractivity contribution is 7.92. The summed E-state index contributed by atoms with van der Waals surface area (Å²) in [4.78, 5) is 17.0. The highest BCUT2D eigenvalue weighted by atomic mass is 32.2. The number of hydrogen-bond acceptors (Lipinski definition) is 4. The van der Waals surface area contributed by atoms with Crippen LogP contribution in [-0.4, -0.2) is 57.7 Å². The standard InChI is InChI=1S/C23H30FN3O3S/c1-5-21(27(31(4,29)30)19-11-10-17(2)18(3)16-19)23(28)26-14-12-25(13-15-26)22-9-7-6-8-20(22)24/h6-11,16,21H,5,12-15H2,1-4H3/t21-/m1/s1. The van der Waals surface area contributed by atoms with Crippen molar-refractivity contribution in [2.75, 3.05) is 41.6 Å². The number of halogens is 1. The Hall–Kier alpha value is -2.61. The van der Waals surface area contributed by atoms with Gasteiger partial charge in [0.2, 0.25) is 15.9 Å². The predicted octanol–water partition coefficient (Wildman–Crippen LogP) is 3.34. The molecular weight excluding hydrogens is 417 g/mol. The van der Waals surface area contributed by atoms with Gasteiger partial charge >= 0.3 is 0 Å². The van der Waals surface area contributed by atoms with Crippen molar-refractivity contribution in [3.63, 3.8) is 0 Å². The molecule has 0 aliphatic carbocycles. The second-order valence-corrected chi connectivity index (χ2v) is 9.87. The average Bonchev–Trinajstić information content (AvgIpc) is 2.73. The van der Waals surface area contributed by atoms with E-state index in [2.05, 4.69) is 0 Å². The van der Waals surface area contributed by atoms with Crippen molar-refractivity contribution < 1.29 is 17.6 Å². The van der Waals surface area contributed by atoms with Gasteiger partial charge in [0.05, 0.1) is 17.6 Å². The molecule has 8 heteroatoms. The van der Waals surface area contributed by atoms with Gasteiger partial charge in [-0.2, -0.15) is 0 Å². The summed E-state index contributed by atoms with van der Waals surface area (Å²) in [6.45, 7) is 7.50. The fourth-order valence-electron chi connectivity index (χ4n) is 3.99. The van der Waals surface area contributed by atoms with Crippen LogP contribution in [-0.2, 0) is 14.8 Å². The molecule has 168 valence electrons. The lowest BCUT2D eigenvalue weighted by molar-refractivity contribution is -0.132. The number of carbonyl (C=O) groups is 1. The fraction of sp³-hybridized carbons (Fsp3) is 0.435. The van der Waals surface area contributed by atoms with E-state index in [-0.39, 0.29) is 11.7 Å². The van der Waals surface area contributed by atoms with Gasteiger partial charge in [-0.3, -0.25) is 9.10 Å². The molecule has 1 heterocycles. The molecule has 2 aromatic carbocycles. The van der Waals surface area contributed by atoms with E-state index >= 15 is 0 Å². The Labute approximate surface area is 184 Å². The molecule has 1 fully saturated rings. The van der Waals surface area contributed by atoms with Crippen molar-refractivity contribution in [3.05, 3.63) is 59.4 Å². The van der Waals surface area contributed by atoms with E-state index in [9.17, 15) is 17.6 Å². The zero-order valence-electron chi connectivity index (χ0n) is 18.5. The minimum absolute atomic E-state index is 0.223. The van der Waals surface area contributed by atoms with Crippen LogP contribution in [0.15, 0.2) is 42.5 Å². The van der Waals surface area contributed by atoms with Crippen molar-refractivity contribution in [2.45, 2.75) is 33.2 Å². The van der Waals surface area contributed by atoms with E-state index in [1.807, 2.05) is 37.8 Å². The maximum atomic E-state index is 14.1. The van der Waals surface area contributed by atoms with Gasteiger partial charge in [-0.25, -0.2) is 12.8 Å². The van der Waals surface area contributed by atoms with E-state index < -0.39 is 16.1 Å². The third-order valence-electron chi connectivity index (χ3n) is 5.84. The first-order valence-corrected chi connectivity index (χ1v) is 12.3. The number of nitrogens with zero attached hydrogens (tertiary/aromatic N) is 3. The van der Waals surface area contributed by atoms with E-state index in [4.69, 9.17) is 0 Å². The molecule has 1 atom stereocenters. The molecule has 1 aliphatic heterocycles. The Kier molecular flexibility index (Phi) is 6.89. The number of anilines is 2. The van der Waals surface area contributed by atoms with Gasteiger partial charge in [0.1, 0.15) is 11.9 Å². The lowest BCUT2D eigenvalue weighted by atomic mass is 10.1. The first-order chi connectivity index (χ1) is 14.6. The van der Waals surface area contributed by atoms with Crippen LogP contribution in [0, 0.1) is 19.7 Å². The lowest BCUT2D eigenvalue weighted by Crippen LogP contribution is -2.56. The van der Waals surface area contributed by atoms with Crippen LogP contribution in [0.2, 0.25) is 0 Å². The SMILES string of the molecule is CC[C@H](C(=O)N1CCN(c2ccccc2F)CC1)N(c1ccc(C)c(C)c1)S(C)(=O)=O. The molecule has 0 spiro atoms. The first-order valence-electron chi connectivity index (χ1n) is 10.5. The zero-order chi connectivity index (χ0) is 22.8. The maximum Gasteiger partial charge on any atom is 0.246 e. The highest BCUT2D eigenvalue weighted by Crippen LogP contribution is 2.27. The second kappa shape index (κ2) is 9.26. The van der Waals surface area contributed by atoms with E-state index in [0.29, 0.717) is 44.0 Å². The Morgan fingerprint density at radius 1 is 1.06 bits per heavy atom. The van der Waals surface area contributed by atoms with Crippen molar-refractivity contribution in [3.8, 4) is 0 Å². The molecule has 6 nitrogen and oxygen atoms in total. The predicted molar refractivity (Wildman–Crippen MR) is 123 cm³/mol. The number of benzene rings is 2. The number of piperazine rings is 1. The Morgan fingerprint density at radius 3 is 2.26 bits per heavy atom. The monoisotopic (exact) mass is 447 g/mol. The van der Waals surface area contributed by atoms with Crippen molar-refractivity contribution in [1.29, 1.82) is 0 Å². The quantitative estimate of drug-likeness (QED) is 0.682. The Morgan fingerprint density at radius 2 is 1.71 bits per heavy atom. The summed E-state index contributed by atoms with van der Waals surface area (Å²) in [6, 6.07) is 11.2. The van der Waals surface area contributed by atoms with E-state index in [1.54, 1.807) is 29.2 Å². The molecule has 0 radical (unpaired) electrons. The number of hydrogen-bond donors (Lipinski definition) is 0. The summed E-state index contributed by atoms with van der Waals surface area (Å²) < 4.78 is 40.7. The van der Waals surface area contributed by atoms with Crippen LogP contribution >= 0.6 is 0 Å². The van der Waals surface area contributed by atoms with Gasteiger partial charge in [-0.1, -0.05) is 25.1 Å². The third kappa shape index (κ3) is 5.01. The number of para-hydroxylation sites is 1. The molecule has 3 rings (SSSR count). The third-order valence-corrected chi connectivity index (χ3v) is 7.02. The molecular formula is C23H30FN3O3S. The summed E-state index contributed by atoms with van der Waals surface area (Å²) in [6.07, 6.45) is 1.49. The van der Waals surface area contributed by atoms with Gasteiger partial charge in [-0.05, 0) is 55.7 Å². The van der Waals surface area contributed by atoms with Crippen molar-refractivity contribution in [2.24, 2.45) is 0 Å². The molecule has 0 N–H and O–H groups in total. The first kappa shape index (κ1) is 23.1. The summed E-state index contributed by atoms with van der Waals surface area (Å²) in [5, 5.41) is 0. The van der Waals surface area contributed by atoms with Crippen LogP contribution in [0.3, 0.4) is 0 Å². The Bertz CT molecular complexity index is 1050. The summed E-state index contributed by atoms with van der Waals surface area (Å²) in [5.41, 5.74) is 3.04. The molecule has 2 aromatic rings. The minimum atomic E-state index is -3.68. The maximum absolute atomic E-state index is 14.1. The smallest absolute Gasteiger partial charge is 0.246 e. The zero-order valence-corrected chi connectivity index (χ0v) is 19.3. The van der Waals surface area contributed by atoms with Crippen LogP contribution in [0.5, 0.6) is 0 Å². The van der Waals surface area contributed by atoms with Crippen LogP contribution in [0.1, 0.15) is 24.5 Å². The summed E-state index contributed by atoms with van der Waals surface area (Å²) in [5.74, 6) is -0.508. The van der Waals surface area contributed by atoms with Crippen LogP contribution in [0.25, 0.3) is 0 Å².